The highest BCUT2D eigenvalue weighted by molar-refractivity contribution is 6.71. The minimum Gasteiger partial charge on any atom is -0.507 e. The molecule has 0 aliphatic rings. The summed E-state index contributed by atoms with van der Waals surface area (Å²) < 4.78 is 16.1. The monoisotopic (exact) mass is 414 g/mol. The Bertz CT molecular complexity index is 1410. The summed E-state index contributed by atoms with van der Waals surface area (Å²) in [4.78, 5) is 0. The zero-order valence-corrected chi connectivity index (χ0v) is 19.7. The molecule has 32 heavy (non-hydrogen) atoms. The third kappa shape index (κ3) is 3.11. The van der Waals surface area contributed by atoms with Crippen LogP contribution in [0.15, 0.2) is 36.4 Å². The Morgan fingerprint density at radius 3 is 1.44 bits per heavy atom. The lowest BCUT2D eigenvalue weighted by Gasteiger charge is -2.25. The van der Waals surface area contributed by atoms with Crippen LogP contribution in [0.4, 0.5) is 4.39 Å². The van der Waals surface area contributed by atoms with E-state index in [1.54, 1.807) is 18.2 Å². The van der Waals surface area contributed by atoms with E-state index in [1.807, 2.05) is 7.85 Å². The molecule has 0 radical (unpaired) electrons. The quantitative estimate of drug-likeness (QED) is 0.321. The van der Waals surface area contributed by atoms with Crippen molar-refractivity contribution in [1.29, 1.82) is 0 Å². The zero-order valence-electron chi connectivity index (χ0n) is 19.7. The van der Waals surface area contributed by atoms with Crippen molar-refractivity contribution in [3.05, 3.63) is 42.2 Å². The molecule has 4 rings (SSSR count). The van der Waals surface area contributed by atoms with E-state index in [9.17, 15) is 10.2 Å². The van der Waals surface area contributed by atoms with Gasteiger partial charge in [-0.25, -0.2) is 4.39 Å². The van der Waals surface area contributed by atoms with E-state index < -0.39 is 5.82 Å². The lowest BCUT2D eigenvalue weighted by molar-refractivity contribution is 0.453. The molecule has 0 saturated carbocycles. The first-order valence-corrected chi connectivity index (χ1v) is 10.9. The number of phenolic OH excluding ortho intramolecular Hbond substituents is 2. The van der Waals surface area contributed by atoms with Crippen molar-refractivity contribution in [1.82, 2.24) is 0 Å². The molecule has 0 aliphatic carbocycles. The lowest BCUT2D eigenvalue weighted by atomic mass is 9.58. The number of rotatable bonds is 2. The van der Waals surface area contributed by atoms with Crippen LogP contribution in [0, 0.1) is 5.82 Å². The topological polar surface area (TPSA) is 40.5 Å². The molecule has 4 aromatic rings. The highest BCUT2D eigenvalue weighted by Crippen LogP contribution is 2.40. The average molecular weight is 413 g/mol. The predicted octanol–water partition coefficient (Wildman–Crippen LogP) is -6.47. The van der Waals surface area contributed by atoms with Gasteiger partial charge in [-0.15, -0.1) is 16.4 Å². The van der Waals surface area contributed by atoms with E-state index in [4.69, 9.17) is 0 Å². The van der Waals surface area contributed by atoms with Crippen LogP contribution in [0.5, 0.6) is 11.5 Å². The summed E-state index contributed by atoms with van der Waals surface area (Å²) in [7, 11) is 14.8. The van der Waals surface area contributed by atoms with Gasteiger partial charge in [0.05, 0.1) is 5.56 Å². The van der Waals surface area contributed by atoms with Gasteiger partial charge in [-0.3, -0.25) is 0 Å². The maximum Gasteiger partial charge on any atom is 0.139 e. The predicted molar refractivity (Wildman–Crippen MR) is 155 cm³/mol. The molecule has 0 bridgehead atoms. The van der Waals surface area contributed by atoms with Gasteiger partial charge in [-0.1, -0.05) is 46.1 Å². The van der Waals surface area contributed by atoms with Gasteiger partial charge in [0.1, 0.15) is 72.2 Å². The van der Waals surface area contributed by atoms with E-state index in [1.165, 1.54) is 45.4 Å². The third-order valence-electron chi connectivity index (χ3n) is 7.37. The SMILES string of the molecule is Bc1c(B)c(B)c2c(-c3cccc(-c4c(O)cccc4O)c3F)c(B)c(B)c(B)c2c1B. The molecule has 10 heteroatoms. The van der Waals surface area contributed by atoms with Gasteiger partial charge in [-0.05, 0) is 28.5 Å². The molecule has 0 unspecified atom stereocenters. The molecule has 4 aromatic carbocycles. The van der Waals surface area contributed by atoms with Crippen LogP contribution in [0.3, 0.4) is 0 Å². The Morgan fingerprint density at radius 2 is 0.906 bits per heavy atom. The zero-order chi connectivity index (χ0) is 23.5. The van der Waals surface area contributed by atoms with Crippen molar-refractivity contribution in [2.24, 2.45) is 0 Å². The summed E-state index contributed by atoms with van der Waals surface area (Å²) in [5.41, 5.74) is 9.91. The molecule has 0 heterocycles. The number of phenols is 2. The molecule has 0 fully saturated rings. The molecule has 0 aromatic heterocycles. The van der Waals surface area contributed by atoms with Gasteiger partial charge in [0.15, 0.2) is 0 Å². The second-order valence-electron chi connectivity index (χ2n) is 8.84. The Balaban J connectivity index is 2.20. The average Bonchev–Trinajstić information content (AvgIpc) is 2.76. The Kier molecular flexibility index (Phi) is 5.52. The van der Waals surface area contributed by atoms with E-state index >= 15 is 4.39 Å². The van der Waals surface area contributed by atoms with Crippen molar-refractivity contribution in [3.8, 4) is 33.8 Å². The highest BCUT2D eigenvalue weighted by atomic mass is 19.1. The minimum atomic E-state index is -0.452. The maximum atomic E-state index is 16.1. The van der Waals surface area contributed by atoms with Crippen LogP contribution in [0.1, 0.15) is 0 Å². The van der Waals surface area contributed by atoms with E-state index in [0.717, 1.165) is 27.3 Å². The first-order chi connectivity index (χ1) is 15.1. The molecule has 2 nitrogen and oxygen atoms in total. The van der Waals surface area contributed by atoms with Crippen LogP contribution in [0.25, 0.3) is 33.0 Å². The summed E-state index contributed by atoms with van der Waals surface area (Å²) in [6, 6.07) is 9.61. The molecule has 0 spiro atoms. The molecule has 150 valence electrons. The standard InChI is InChI=1S/C22H22B7FO2/c23-15-12(13-14(17(25)19(15)27)18(26)21(29)20(28)16(13)24)8-4-1-3-7(22(8)30)11-9(31)5-2-6-10(11)32/h1-6,31-32H,23-29H2. The van der Waals surface area contributed by atoms with Crippen molar-refractivity contribution in [2.75, 3.05) is 0 Å². The van der Waals surface area contributed by atoms with E-state index in [0.29, 0.717) is 5.56 Å². The second-order valence-corrected chi connectivity index (χ2v) is 8.84. The fraction of sp³-hybridized carbons (Fsp3) is 0. The molecule has 0 saturated heterocycles. The van der Waals surface area contributed by atoms with Crippen LogP contribution in [-0.2, 0) is 0 Å². The number of hydrogen-bond acceptors (Lipinski definition) is 2. The summed E-state index contributed by atoms with van der Waals surface area (Å²) in [5.74, 6) is -0.755. The summed E-state index contributed by atoms with van der Waals surface area (Å²) in [6.45, 7) is 0. The number of aromatic hydroxyl groups is 2. The first kappa shape index (κ1) is 22.3. The number of halogens is 1. The van der Waals surface area contributed by atoms with Crippen LogP contribution < -0.4 is 38.2 Å². The van der Waals surface area contributed by atoms with Gasteiger partial charge >= 0.3 is 0 Å². The van der Waals surface area contributed by atoms with Gasteiger partial charge in [0.25, 0.3) is 0 Å². The highest BCUT2D eigenvalue weighted by Gasteiger charge is 2.23. The van der Waals surface area contributed by atoms with Gasteiger partial charge in [-0.2, -0.15) is 0 Å². The fourth-order valence-electron chi connectivity index (χ4n) is 5.00. The van der Waals surface area contributed by atoms with Crippen LogP contribution in [0.2, 0.25) is 0 Å². The summed E-state index contributed by atoms with van der Waals surface area (Å²) >= 11 is 0. The molecular formula is C22H22B7FO2. The van der Waals surface area contributed by atoms with Gasteiger partial charge < -0.3 is 10.2 Å². The molecule has 0 atom stereocenters. The van der Waals surface area contributed by atoms with Gasteiger partial charge in [0.2, 0.25) is 0 Å². The number of hydrogen-bond donors (Lipinski definition) is 2. The number of fused-ring (bicyclic) bond motifs is 1. The van der Waals surface area contributed by atoms with Gasteiger partial charge in [0, 0.05) is 11.1 Å². The summed E-state index contributed by atoms with van der Waals surface area (Å²) in [6.07, 6.45) is 0. The Morgan fingerprint density at radius 1 is 0.500 bits per heavy atom. The molecular weight excluding hydrogens is 391 g/mol. The van der Waals surface area contributed by atoms with Crippen molar-refractivity contribution >= 4 is 104 Å². The molecule has 0 aliphatic heterocycles. The Labute approximate surface area is 194 Å². The molecule has 2 N–H and O–H groups in total. The minimum absolute atomic E-state index is 0.109. The second kappa shape index (κ2) is 7.92. The van der Waals surface area contributed by atoms with E-state index in [-0.39, 0.29) is 22.6 Å². The Hall–Kier alpha value is -2.88. The van der Waals surface area contributed by atoms with Crippen LogP contribution >= 0.6 is 0 Å². The lowest BCUT2D eigenvalue weighted by Crippen LogP contribution is -2.52. The normalized spacial score (nSPS) is 11.2. The third-order valence-corrected chi connectivity index (χ3v) is 7.37. The van der Waals surface area contributed by atoms with Crippen molar-refractivity contribution in [2.45, 2.75) is 0 Å². The number of benzene rings is 4. The van der Waals surface area contributed by atoms with Crippen LogP contribution in [-0.4, -0.2) is 65.1 Å². The smallest absolute Gasteiger partial charge is 0.139 e. The largest absolute Gasteiger partial charge is 0.507 e. The first-order valence-electron chi connectivity index (χ1n) is 10.9. The van der Waals surface area contributed by atoms with Crippen molar-refractivity contribution in [3.63, 3.8) is 0 Å². The summed E-state index contributed by atoms with van der Waals surface area (Å²) in [5, 5.41) is 23.0. The fourth-order valence-corrected chi connectivity index (χ4v) is 5.00. The van der Waals surface area contributed by atoms with E-state index in [2.05, 4.69) is 47.1 Å². The maximum absolute atomic E-state index is 16.1. The van der Waals surface area contributed by atoms with Crippen molar-refractivity contribution < 1.29 is 14.6 Å². The molecule has 0 amide bonds.